The predicted molar refractivity (Wildman–Crippen MR) is 90.6 cm³/mol. The van der Waals surface area contributed by atoms with Crippen LogP contribution in [0, 0.1) is 12.7 Å². The van der Waals surface area contributed by atoms with Crippen LogP contribution < -0.4 is 4.90 Å². The average molecular weight is 337 g/mol. The Bertz CT molecular complexity index is 920. The van der Waals surface area contributed by atoms with Gasteiger partial charge < -0.3 is 9.42 Å². The summed E-state index contributed by atoms with van der Waals surface area (Å²) >= 11 is 0. The van der Waals surface area contributed by atoms with Crippen molar-refractivity contribution in [1.82, 2.24) is 10.1 Å². The largest absolute Gasteiger partial charge is 0.339 e. The quantitative estimate of drug-likeness (QED) is 0.731. The first-order valence-electron chi connectivity index (χ1n) is 8.07. The lowest BCUT2D eigenvalue weighted by Gasteiger charge is -2.15. The second kappa shape index (κ2) is 6.12. The van der Waals surface area contributed by atoms with Crippen LogP contribution >= 0.6 is 0 Å². The van der Waals surface area contributed by atoms with Gasteiger partial charge in [-0.15, -0.1) is 0 Å². The third-order valence-corrected chi connectivity index (χ3v) is 4.44. The number of anilines is 1. The lowest BCUT2D eigenvalue weighted by atomic mass is 10.1. The summed E-state index contributed by atoms with van der Waals surface area (Å²) in [5.74, 6) is 0.457. The minimum atomic E-state index is -0.327. The first-order valence-corrected chi connectivity index (χ1v) is 8.07. The molecule has 1 atom stereocenters. The van der Waals surface area contributed by atoms with E-state index in [4.69, 9.17) is 4.52 Å². The van der Waals surface area contributed by atoms with Crippen LogP contribution in [0.25, 0.3) is 11.4 Å². The summed E-state index contributed by atoms with van der Waals surface area (Å²) in [6.07, 6.45) is 0.298. The van der Waals surface area contributed by atoms with E-state index < -0.39 is 0 Å². The van der Waals surface area contributed by atoms with E-state index in [1.54, 1.807) is 17.0 Å². The second-order valence-corrected chi connectivity index (χ2v) is 6.15. The Morgan fingerprint density at radius 1 is 1.16 bits per heavy atom. The van der Waals surface area contributed by atoms with E-state index in [1.807, 2.05) is 31.2 Å². The Balaban J connectivity index is 1.57. The van der Waals surface area contributed by atoms with Gasteiger partial charge >= 0.3 is 0 Å². The molecule has 5 nitrogen and oxygen atoms in total. The molecular weight excluding hydrogens is 321 g/mol. The third kappa shape index (κ3) is 2.91. The molecule has 126 valence electrons. The average Bonchev–Trinajstić information content (AvgIpc) is 3.23. The van der Waals surface area contributed by atoms with E-state index in [2.05, 4.69) is 10.1 Å². The fourth-order valence-electron chi connectivity index (χ4n) is 3.08. The van der Waals surface area contributed by atoms with Crippen LogP contribution in [0.5, 0.6) is 0 Å². The van der Waals surface area contributed by atoms with Gasteiger partial charge in [-0.1, -0.05) is 29.4 Å². The molecule has 2 heterocycles. The Morgan fingerprint density at radius 2 is 1.92 bits per heavy atom. The monoisotopic (exact) mass is 337 g/mol. The molecule has 0 bridgehead atoms. The molecule has 25 heavy (non-hydrogen) atoms. The Kier molecular flexibility index (Phi) is 3.80. The Hall–Kier alpha value is -3.02. The molecule has 1 aliphatic heterocycles. The molecule has 1 aromatic heterocycles. The van der Waals surface area contributed by atoms with Crippen molar-refractivity contribution in [2.75, 3.05) is 11.4 Å². The van der Waals surface area contributed by atoms with Crippen LogP contribution in [0.4, 0.5) is 10.1 Å². The molecule has 1 saturated heterocycles. The number of aromatic nitrogens is 2. The van der Waals surface area contributed by atoms with E-state index in [1.165, 1.54) is 12.1 Å². The van der Waals surface area contributed by atoms with E-state index in [-0.39, 0.29) is 17.6 Å². The van der Waals surface area contributed by atoms with Crippen molar-refractivity contribution in [2.45, 2.75) is 19.3 Å². The fourth-order valence-corrected chi connectivity index (χ4v) is 3.08. The summed E-state index contributed by atoms with van der Waals surface area (Å²) in [6.45, 7) is 2.43. The highest BCUT2D eigenvalue weighted by Gasteiger charge is 2.35. The van der Waals surface area contributed by atoms with Gasteiger partial charge in [0, 0.05) is 24.2 Å². The maximum atomic E-state index is 13.1. The van der Waals surface area contributed by atoms with E-state index >= 15 is 0 Å². The summed E-state index contributed by atoms with van der Waals surface area (Å²) in [4.78, 5) is 18.4. The highest BCUT2D eigenvalue weighted by Crippen LogP contribution is 2.32. The SMILES string of the molecule is Cc1ccccc1-c1noc([C@@H]2CC(=O)N(c3ccc(F)cc3)C2)n1. The zero-order valence-electron chi connectivity index (χ0n) is 13.6. The molecule has 1 amide bonds. The van der Waals surface area contributed by atoms with E-state index in [0.29, 0.717) is 30.4 Å². The van der Waals surface area contributed by atoms with Crippen LogP contribution in [0.15, 0.2) is 53.1 Å². The molecule has 2 aromatic carbocycles. The van der Waals surface area contributed by atoms with Crippen LogP contribution in [0.1, 0.15) is 23.8 Å². The van der Waals surface area contributed by atoms with Crippen molar-refractivity contribution in [3.05, 3.63) is 65.8 Å². The molecule has 6 heteroatoms. The number of halogens is 1. The van der Waals surface area contributed by atoms with Crippen molar-refractivity contribution >= 4 is 11.6 Å². The highest BCUT2D eigenvalue weighted by molar-refractivity contribution is 5.96. The number of aryl methyl sites for hydroxylation is 1. The van der Waals surface area contributed by atoms with Crippen molar-refractivity contribution < 1.29 is 13.7 Å². The first-order chi connectivity index (χ1) is 12.1. The van der Waals surface area contributed by atoms with Crippen molar-refractivity contribution in [3.63, 3.8) is 0 Å². The maximum Gasteiger partial charge on any atom is 0.232 e. The normalized spacial score (nSPS) is 17.3. The van der Waals surface area contributed by atoms with Gasteiger partial charge in [-0.2, -0.15) is 4.98 Å². The lowest BCUT2D eigenvalue weighted by molar-refractivity contribution is -0.117. The number of carbonyl (C=O) groups excluding carboxylic acids is 1. The number of amides is 1. The van der Waals surface area contributed by atoms with E-state index in [0.717, 1.165) is 11.1 Å². The maximum absolute atomic E-state index is 13.1. The summed E-state index contributed by atoms with van der Waals surface area (Å²) in [5.41, 5.74) is 2.65. The standard InChI is InChI=1S/C19H16FN3O2/c1-12-4-2-3-5-16(12)18-21-19(25-22-18)13-10-17(24)23(11-13)15-8-6-14(20)7-9-15/h2-9,13H,10-11H2,1H3/t13-/m1/s1. The number of rotatable bonds is 3. The molecule has 0 spiro atoms. The number of hydrogen-bond acceptors (Lipinski definition) is 4. The Morgan fingerprint density at radius 3 is 2.68 bits per heavy atom. The van der Waals surface area contributed by atoms with Crippen molar-refractivity contribution in [3.8, 4) is 11.4 Å². The highest BCUT2D eigenvalue weighted by atomic mass is 19.1. The number of hydrogen-bond donors (Lipinski definition) is 0. The number of nitrogens with zero attached hydrogens (tertiary/aromatic N) is 3. The minimum Gasteiger partial charge on any atom is -0.339 e. The molecule has 0 unspecified atom stereocenters. The lowest BCUT2D eigenvalue weighted by Crippen LogP contribution is -2.24. The first kappa shape index (κ1) is 15.5. The smallest absolute Gasteiger partial charge is 0.232 e. The molecule has 4 rings (SSSR count). The van der Waals surface area contributed by atoms with Gasteiger partial charge in [0.1, 0.15) is 5.82 Å². The molecule has 0 saturated carbocycles. The van der Waals surface area contributed by atoms with Gasteiger partial charge in [0.2, 0.25) is 17.6 Å². The van der Waals surface area contributed by atoms with Gasteiger partial charge in [0.15, 0.2) is 0 Å². The van der Waals surface area contributed by atoms with E-state index in [9.17, 15) is 9.18 Å². The summed E-state index contributed by atoms with van der Waals surface area (Å²) in [6, 6.07) is 13.7. The summed E-state index contributed by atoms with van der Waals surface area (Å²) < 4.78 is 18.5. The molecule has 0 N–H and O–H groups in total. The van der Waals surface area contributed by atoms with Gasteiger partial charge in [-0.25, -0.2) is 4.39 Å². The fraction of sp³-hybridized carbons (Fsp3) is 0.211. The molecular formula is C19H16FN3O2. The molecule has 1 aliphatic rings. The van der Waals surface area contributed by atoms with Crippen LogP contribution in [-0.4, -0.2) is 22.6 Å². The van der Waals surface area contributed by atoms with Crippen molar-refractivity contribution in [2.24, 2.45) is 0 Å². The van der Waals surface area contributed by atoms with Gasteiger partial charge in [0.25, 0.3) is 0 Å². The van der Waals surface area contributed by atoms with Crippen molar-refractivity contribution in [1.29, 1.82) is 0 Å². The van der Waals surface area contributed by atoms with Gasteiger partial charge in [-0.3, -0.25) is 4.79 Å². The number of carbonyl (C=O) groups is 1. The third-order valence-electron chi connectivity index (χ3n) is 4.44. The van der Waals surface area contributed by atoms with Crippen LogP contribution in [0.3, 0.4) is 0 Å². The van der Waals surface area contributed by atoms with Crippen LogP contribution in [0.2, 0.25) is 0 Å². The number of benzene rings is 2. The van der Waals surface area contributed by atoms with Gasteiger partial charge in [-0.05, 0) is 36.8 Å². The molecule has 1 fully saturated rings. The zero-order chi connectivity index (χ0) is 17.4. The predicted octanol–water partition coefficient (Wildman–Crippen LogP) is 3.70. The molecule has 3 aromatic rings. The molecule has 0 aliphatic carbocycles. The van der Waals surface area contributed by atoms with Crippen LogP contribution in [-0.2, 0) is 4.79 Å². The Labute approximate surface area is 144 Å². The molecule has 0 radical (unpaired) electrons. The topological polar surface area (TPSA) is 59.2 Å². The minimum absolute atomic E-state index is 0.0350. The summed E-state index contributed by atoms with van der Waals surface area (Å²) in [7, 11) is 0. The van der Waals surface area contributed by atoms with Gasteiger partial charge in [0.05, 0.1) is 5.92 Å². The second-order valence-electron chi connectivity index (χ2n) is 6.15. The summed E-state index contributed by atoms with van der Waals surface area (Å²) in [5, 5.41) is 4.06. The zero-order valence-corrected chi connectivity index (χ0v) is 13.6.